The third kappa shape index (κ3) is 5.81. The van der Waals surface area contributed by atoms with Gasteiger partial charge in [0, 0.05) is 30.1 Å². The van der Waals surface area contributed by atoms with Crippen molar-refractivity contribution in [1.29, 1.82) is 0 Å². The van der Waals surface area contributed by atoms with Crippen LogP contribution in [-0.4, -0.2) is 22.2 Å². The third-order valence-corrected chi connectivity index (χ3v) is 2.59. The molecule has 0 bridgehead atoms. The van der Waals surface area contributed by atoms with Crippen LogP contribution in [0.25, 0.3) is 17.1 Å². The molecule has 23 heavy (non-hydrogen) atoms. The van der Waals surface area contributed by atoms with Crippen molar-refractivity contribution >= 4 is 7.25 Å². The number of halogens is 4. The molecule has 0 saturated carbocycles. The molecule has 0 amide bonds. The van der Waals surface area contributed by atoms with E-state index < -0.39 is 7.25 Å². The van der Waals surface area contributed by atoms with E-state index in [1.807, 2.05) is 59.7 Å². The molecule has 0 aliphatic heterocycles. The average molecular weight is 322 g/mol. The van der Waals surface area contributed by atoms with E-state index in [-0.39, 0.29) is 0 Å². The normalized spacial score (nSPS) is 10.6. The molecule has 3 heterocycles. The Hall–Kier alpha value is -2.84. The summed E-state index contributed by atoms with van der Waals surface area (Å²) >= 11 is 0. The second-order valence-corrected chi connectivity index (χ2v) is 4.28. The minimum absolute atomic E-state index is 0.706. The maximum absolute atomic E-state index is 9.75. The van der Waals surface area contributed by atoms with Gasteiger partial charge in [-0.25, -0.2) is 9.97 Å². The van der Waals surface area contributed by atoms with Crippen LogP contribution in [0.3, 0.4) is 0 Å². The maximum Gasteiger partial charge on any atom is 0.673 e. The fraction of sp³-hybridized carbons (Fsp3) is 0. The predicted molar refractivity (Wildman–Crippen MR) is 77.0 cm³/mol. The minimum atomic E-state index is -6.00. The lowest BCUT2D eigenvalue weighted by molar-refractivity contribution is -0.596. The topological polar surface area (TPSA) is 42.5 Å². The molecule has 0 spiro atoms. The Morgan fingerprint density at radius 2 is 1.35 bits per heavy atom. The van der Waals surface area contributed by atoms with Crippen molar-refractivity contribution in [1.82, 2.24) is 15.0 Å². The number of aromatic nitrogens is 4. The van der Waals surface area contributed by atoms with Crippen LogP contribution in [-0.2, 0) is 0 Å². The van der Waals surface area contributed by atoms with Crippen molar-refractivity contribution in [2.45, 2.75) is 0 Å². The molecule has 118 valence electrons. The molecule has 0 saturated heterocycles. The molecule has 0 fully saturated rings. The second kappa shape index (κ2) is 7.43. The van der Waals surface area contributed by atoms with Crippen molar-refractivity contribution in [2.75, 3.05) is 0 Å². The van der Waals surface area contributed by atoms with Gasteiger partial charge >= 0.3 is 7.25 Å². The minimum Gasteiger partial charge on any atom is -0.418 e. The molecule has 3 aromatic rings. The van der Waals surface area contributed by atoms with Crippen molar-refractivity contribution in [3.8, 4) is 17.1 Å². The van der Waals surface area contributed by atoms with Gasteiger partial charge in [0.25, 0.3) is 0 Å². The van der Waals surface area contributed by atoms with Crippen LogP contribution in [0.15, 0.2) is 67.5 Å². The van der Waals surface area contributed by atoms with Gasteiger partial charge in [-0.2, -0.15) is 4.57 Å². The summed E-state index contributed by atoms with van der Waals surface area (Å²) in [6, 6.07) is 9.70. The van der Waals surface area contributed by atoms with Crippen molar-refractivity contribution in [3.63, 3.8) is 0 Å². The van der Waals surface area contributed by atoms with Crippen LogP contribution < -0.4 is 4.57 Å². The third-order valence-electron chi connectivity index (χ3n) is 2.59. The number of nitrogens with zero attached hydrogens (tertiary/aromatic N) is 4. The first-order valence-corrected chi connectivity index (χ1v) is 6.50. The van der Waals surface area contributed by atoms with Crippen LogP contribution in [0.5, 0.6) is 0 Å². The Morgan fingerprint density at radius 3 is 1.87 bits per heavy atom. The van der Waals surface area contributed by atoms with E-state index >= 15 is 0 Å². The van der Waals surface area contributed by atoms with E-state index in [0.29, 0.717) is 5.82 Å². The molecule has 0 aromatic carbocycles. The lowest BCUT2D eigenvalue weighted by Crippen LogP contribution is -2.29. The molecule has 0 N–H and O–H groups in total. The van der Waals surface area contributed by atoms with Gasteiger partial charge in [0.2, 0.25) is 5.69 Å². The second-order valence-electron chi connectivity index (χ2n) is 4.28. The highest BCUT2D eigenvalue weighted by molar-refractivity contribution is 6.50. The predicted octanol–water partition coefficient (Wildman–Crippen LogP) is 3.12. The van der Waals surface area contributed by atoms with Crippen LogP contribution in [0, 0.1) is 0 Å². The maximum atomic E-state index is 9.75. The number of pyridine rings is 2. The van der Waals surface area contributed by atoms with Crippen molar-refractivity contribution in [3.05, 3.63) is 67.5 Å². The fourth-order valence-electron chi connectivity index (χ4n) is 1.68. The molecule has 0 aliphatic carbocycles. The Kier molecular flexibility index (Phi) is 5.34. The summed E-state index contributed by atoms with van der Waals surface area (Å²) in [5.41, 5.74) is 1.91. The molecule has 0 atom stereocenters. The van der Waals surface area contributed by atoms with Crippen molar-refractivity contribution in [2.24, 2.45) is 0 Å². The summed E-state index contributed by atoms with van der Waals surface area (Å²) < 4.78 is 41.0. The molecule has 0 radical (unpaired) electrons. The Labute approximate surface area is 129 Å². The lowest BCUT2D eigenvalue weighted by atomic mass is 10.2. The van der Waals surface area contributed by atoms with E-state index in [1.54, 1.807) is 12.4 Å². The summed E-state index contributed by atoms with van der Waals surface area (Å²) in [6.45, 7) is 0. The SMILES string of the molecule is F[B-](F)(F)F.c1cc[n+](-c2cnc(-c3ccncc3)nc2)cc1. The van der Waals surface area contributed by atoms with E-state index in [4.69, 9.17) is 0 Å². The van der Waals surface area contributed by atoms with E-state index in [0.717, 1.165) is 11.3 Å². The Bertz CT molecular complexity index is 657. The van der Waals surface area contributed by atoms with Gasteiger partial charge in [-0.05, 0) is 12.1 Å². The highest BCUT2D eigenvalue weighted by Crippen LogP contribution is 2.12. The van der Waals surface area contributed by atoms with Gasteiger partial charge in [0.05, 0.1) is 0 Å². The van der Waals surface area contributed by atoms with E-state index in [1.165, 1.54) is 0 Å². The molecule has 3 rings (SSSR count). The molecule has 3 aromatic heterocycles. The summed E-state index contributed by atoms with van der Waals surface area (Å²) in [5, 5.41) is 0. The summed E-state index contributed by atoms with van der Waals surface area (Å²) in [5.74, 6) is 0.706. The molecule has 4 nitrogen and oxygen atoms in total. The first kappa shape index (κ1) is 16.5. The highest BCUT2D eigenvalue weighted by atomic mass is 19.5. The summed E-state index contributed by atoms with van der Waals surface area (Å²) in [6.07, 6.45) is 11.0. The highest BCUT2D eigenvalue weighted by Gasteiger charge is 2.20. The van der Waals surface area contributed by atoms with Gasteiger partial charge in [-0.15, -0.1) is 0 Å². The van der Waals surface area contributed by atoms with E-state index in [2.05, 4.69) is 15.0 Å². The average Bonchev–Trinajstić information content (AvgIpc) is 2.55. The first-order valence-electron chi connectivity index (χ1n) is 6.50. The first-order chi connectivity index (χ1) is 10.9. The van der Waals surface area contributed by atoms with Crippen LogP contribution >= 0.6 is 0 Å². The van der Waals surface area contributed by atoms with Gasteiger partial charge in [-0.1, -0.05) is 6.07 Å². The number of hydrogen-bond acceptors (Lipinski definition) is 3. The monoisotopic (exact) mass is 322 g/mol. The molecular formula is C14H11BF4N4. The zero-order valence-corrected chi connectivity index (χ0v) is 11.7. The largest absolute Gasteiger partial charge is 0.673 e. The van der Waals surface area contributed by atoms with E-state index in [9.17, 15) is 17.3 Å². The number of rotatable bonds is 2. The smallest absolute Gasteiger partial charge is 0.418 e. The van der Waals surface area contributed by atoms with Crippen molar-refractivity contribution < 1.29 is 21.8 Å². The fourth-order valence-corrected chi connectivity index (χ4v) is 1.68. The van der Waals surface area contributed by atoms with Gasteiger partial charge in [-0.3, -0.25) is 4.98 Å². The zero-order valence-electron chi connectivity index (χ0n) is 11.7. The summed E-state index contributed by atoms with van der Waals surface area (Å²) in [4.78, 5) is 12.7. The zero-order chi connectivity index (χ0) is 16.7. The van der Waals surface area contributed by atoms with Crippen LogP contribution in [0.1, 0.15) is 0 Å². The van der Waals surface area contributed by atoms with Gasteiger partial charge in [0.15, 0.2) is 18.2 Å². The van der Waals surface area contributed by atoms with Crippen LogP contribution in [0.2, 0.25) is 0 Å². The number of hydrogen-bond donors (Lipinski definition) is 0. The van der Waals surface area contributed by atoms with Gasteiger partial charge in [0.1, 0.15) is 12.4 Å². The molecule has 9 heteroatoms. The standard InChI is InChI=1S/C14H11N4.BF4/c1-2-8-18(9-3-1)13-10-16-14(17-11-13)12-4-6-15-7-5-12;2-1(3,4)5/h1-11H;/q+1;-1. The lowest BCUT2D eigenvalue weighted by Gasteiger charge is -1.99. The molecule has 0 unspecified atom stereocenters. The Balaban J connectivity index is 0.000000338. The summed E-state index contributed by atoms with van der Waals surface area (Å²) in [7, 11) is -6.00. The quantitative estimate of drug-likeness (QED) is 0.414. The van der Waals surface area contributed by atoms with Gasteiger partial charge < -0.3 is 17.3 Å². The Morgan fingerprint density at radius 1 is 0.826 bits per heavy atom. The molecule has 0 aliphatic rings. The molecular weight excluding hydrogens is 311 g/mol. The van der Waals surface area contributed by atoms with Crippen LogP contribution in [0.4, 0.5) is 17.3 Å².